The fraction of sp³-hybridized carbons (Fsp3) is 0.917. The third-order valence-corrected chi connectivity index (χ3v) is 2.85. The smallest absolute Gasteiger partial charge is 0.410 e. The molecule has 0 atom stereocenters. The molecule has 1 amide bonds. The van der Waals surface area contributed by atoms with Gasteiger partial charge in [-0.1, -0.05) is 15.9 Å². The standard InChI is InChI=1S/C12H22BrNO3/c1-12(2,3)17-11(15)14-7-4-10(5-8-14)16-9-6-13/h10H,4-9H2,1-3H3. The van der Waals surface area contributed by atoms with Crippen LogP contribution in [0.1, 0.15) is 33.6 Å². The van der Waals surface area contributed by atoms with Crippen molar-refractivity contribution in [3.05, 3.63) is 0 Å². The molecule has 1 rings (SSSR count). The fourth-order valence-electron chi connectivity index (χ4n) is 1.74. The van der Waals surface area contributed by atoms with Crippen LogP contribution in [0.3, 0.4) is 0 Å². The van der Waals surface area contributed by atoms with Crippen LogP contribution in [0.2, 0.25) is 0 Å². The van der Waals surface area contributed by atoms with E-state index in [-0.39, 0.29) is 12.2 Å². The summed E-state index contributed by atoms with van der Waals surface area (Å²) in [6.07, 6.45) is 1.86. The zero-order valence-corrected chi connectivity index (χ0v) is 12.5. The van der Waals surface area contributed by atoms with E-state index in [1.54, 1.807) is 4.90 Å². The SMILES string of the molecule is CC(C)(C)OC(=O)N1CCC(OCCBr)CC1. The lowest BCUT2D eigenvalue weighted by atomic mass is 10.1. The number of halogens is 1. The third-order valence-electron chi connectivity index (χ3n) is 2.52. The van der Waals surface area contributed by atoms with E-state index in [0.29, 0.717) is 0 Å². The summed E-state index contributed by atoms with van der Waals surface area (Å²) < 4.78 is 11.0. The summed E-state index contributed by atoms with van der Waals surface area (Å²) in [6, 6.07) is 0. The summed E-state index contributed by atoms with van der Waals surface area (Å²) >= 11 is 3.33. The summed E-state index contributed by atoms with van der Waals surface area (Å²) in [5, 5.41) is 0.860. The van der Waals surface area contributed by atoms with Crippen LogP contribution in [0.15, 0.2) is 0 Å². The molecular weight excluding hydrogens is 286 g/mol. The number of alkyl halides is 1. The number of ether oxygens (including phenoxy) is 2. The Morgan fingerprint density at radius 2 is 1.94 bits per heavy atom. The van der Waals surface area contributed by atoms with Crippen molar-refractivity contribution in [2.45, 2.75) is 45.3 Å². The Kier molecular flexibility index (Phi) is 5.73. The molecule has 1 aliphatic rings. The molecule has 1 aliphatic heterocycles. The van der Waals surface area contributed by atoms with Gasteiger partial charge in [0, 0.05) is 18.4 Å². The lowest BCUT2D eigenvalue weighted by Gasteiger charge is -2.33. The van der Waals surface area contributed by atoms with Crippen LogP contribution < -0.4 is 0 Å². The number of nitrogens with zero attached hydrogens (tertiary/aromatic N) is 1. The first-order valence-electron chi connectivity index (χ1n) is 6.08. The van der Waals surface area contributed by atoms with Gasteiger partial charge < -0.3 is 14.4 Å². The molecule has 0 saturated carbocycles. The van der Waals surface area contributed by atoms with Crippen LogP contribution in [-0.4, -0.2) is 47.7 Å². The Balaban J connectivity index is 2.29. The molecule has 5 heteroatoms. The normalized spacial score (nSPS) is 18.2. The number of rotatable bonds is 3. The van der Waals surface area contributed by atoms with E-state index in [1.807, 2.05) is 20.8 Å². The minimum absolute atomic E-state index is 0.212. The Morgan fingerprint density at radius 1 is 1.35 bits per heavy atom. The molecule has 0 aromatic rings. The molecular formula is C12H22BrNO3. The number of hydrogen-bond acceptors (Lipinski definition) is 3. The van der Waals surface area contributed by atoms with E-state index in [4.69, 9.17) is 9.47 Å². The molecule has 1 saturated heterocycles. The molecule has 0 aromatic carbocycles. The largest absolute Gasteiger partial charge is 0.444 e. The average molecular weight is 308 g/mol. The number of likely N-dealkylation sites (tertiary alicyclic amines) is 1. The van der Waals surface area contributed by atoms with E-state index in [9.17, 15) is 4.79 Å². The summed E-state index contributed by atoms with van der Waals surface area (Å²) in [5.41, 5.74) is -0.416. The first-order chi connectivity index (χ1) is 7.92. The molecule has 0 N–H and O–H groups in total. The van der Waals surface area contributed by atoms with E-state index >= 15 is 0 Å². The molecule has 0 spiro atoms. The molecule has 4 nitrogen and oxygen atoms in total. The van der Waals surface area contributed by atoms with Crippen molar-refractivity contribution in [1.82, 2.24) is 4.90 Å². The summed E-state index contributed by atoms with van der Waals surface area (Å²) in [5.74, 6) is 0. The first kappa shape index (κ1) is 14.8. The van der Waals surface area contributed by atoms with Gasteiger partial charge in [0.05, 0.1) is 12.7 Å². The van der Waals surface area contributed by atoms with Gasteiger partial charge in [-0.3, -0.25) is 0 Å². The lowest BCUT2D eigenvalue weighted by Crippen LogP contribution is -2.43. The minimum Gasteiger partial charge on any atom is -0.444 e. The molecule has 0 radical (unpaired) electrons. The van der Waals surface area contributed by atoms with Crippen molar-refractivity contribution in [2.75, 3.05) is 25.0 Å². The molecule has 17 heavy (non-hydrogen) atoms. The highest BCUT2D eigenvalue weighted by Gasteiger charge is 2.26. The van der Waals surface area contributed by atoms with E-state index in [2.05, 4.69) is 15.9 Å². The second-order valence-corrected chi connectivity index (χ2v) is 6.02. The maximum absolute atomic E-state index is 11.8. The Bertz CT molecular complexity index is 245. The van der Waals surface area contributed by atoms with Crippen molar-refractivity contribution in [2.24, 2.45) is 0 Å². The number of hydrogen-bond donors (Lipinski definition) is 0. The molecule has 0 bridgehead atoms. The molecule has 1 heterocycles. The van der Waals surface area contributed by atoms with Gasteiger partial charge in [0.15, 0.2) is 0 Å². The predicted molar refractivity (Wildman–Crippen MR) is 70.6 cm³/mol. The number of piperidine rings is 1. The zero-order valence-electron chi connectivity index (χ0n) is 10.9. The predicted octanol–water partition coefficient (Wildman–Crippen LogP) is 2.80. The average Bonchev–Trinajstić information content (AvgIpc) is 2.24. The molecule has 100 valence electrons. The van der Waals surface area contributed by atoms with E-state index < -0.39 is 5.60 Å². The van der Waals surface area contributed by atoms with Gasteiger partial charge in [0.1, 0.15) is 5.60 Å². The van der Waals surface area contributed by atoms with Crippen LogP contribution in [0.5, 0.6) is 0 Å². The van der Waals surface area contributed by atoms with Crippen molar-refractivity contribution < 1.29 is 14.3 Å². The number of carbonyl (C=O) groups excluding carboxylic acids is 1. The maximum Gasteiger partial charge on any atom is 0.410 e. The summed E-state index contributed by atoms with van der Waals surface area (Å²) in [4.78, 5) is 13.6. The number of amides is 1. The molecule has 0 aromatic heterocycles. The van der Waals surface area contributed by atoms with Gasteiger partial charge in [-0.25, -0.2) is 4.79 Å². The van der Waals surface area contributed by atoms with E-state index in [0.717, 1.165) is 37.9 Å². The van der Waals surface area contributed by atoms with Crippen LogP contribution in [0.25, 0.3) is 0 Å². The van der Waals surface area contributed by atoms with Gasteiger partial charge in [-0.2, -0.15) is 0 Å². The minimum atomic E-state index is -0.416. The maximum atomic E-state index is 11.8. The monoisotopic (exact) mass is 307 g/mol. The van der Waals surface area contributed by atoms with Crippen LogP contribution >= 0.6 is 15.9 Å². The van der Waals surface area contributed by atoms with Gasteiger partial charge in [-0.15, -0.1) is 0 Å². The first-order valence-corrected chi connectivity index (χ1v) is 7.20. The van der Waals surface area contributed by atoms with Gasteiger partial charge in [0.2, 0.25) is 0 Å². The molecule has 0 aliphatic carbocycles. The van der Waals surface area contributed by atoms with Crippen LogP contribution in [-0.2, 0) is 9.47 Å². The second kappa shape index (κ2) is 6.59. The summed E-state index contributed by atoms with van der Waals surface area (Å²) in [7, 11) is 0. The highest BCUT2D eigenvalue weighted by atomic mass is 79.9. The van der Waals surface area contributed by atoms with Crippen LogP contribution in [0.4, 0.5) is 4.79 Å². The lowest BCUT2D eigenvalue weighted by molar-refractivity contribution is -0.00729. The van der Waals surface area contributed by atoms with Crippen molar-refractivity contribution in [3.63, 3.8) is 0 Å². The van der Waals surface area contributed by atoms with Gasteiger partial charge in [-0.05, 0) is 33.6 Å². The molecule has 0 unspecified atom stereocenters. The Morgan fingerprint density at radius 3 is 2.41 bits per heavy atom. The third kappa shape index (κ3) is 5.73. The second-order valence-electron chi connectivity index (χ2n) is 5.23. The van der Waals surface area contributed by atoms with E-state index in [1.165, 1.54) is 0 Å². The van der Waals surface area contributed by atoms with Gasteiger partial charge in [0.25, 0.3) is 0 Å². The topological polar surface area (TPSA) is 38.8 Å². The van der Waals surface area contributed by atoms with Crippen molar-refractivity contribution >= 4 is 22.0 Å². The Labute approximate surface area is 112 Å². The molecule has 1 fully saturated rings. The Hall–Kier alpha value is -0.290. The van der Waals surface area contributed by atoms with Crippen molar-refractivity contribution in [1.29, 1.82) is 0 Å². The number of carbonyl (C=O) groups is 1. The highest BCUT2D eigenvalue weighted by Crippen LogP contribution is 2.17. The summed E-state index contributed by atoms with van der Waals surface area (Å²) in [6.45, 7) is 7.84. The quantitative estimate of drug-likeness (QED) is 0.753. The fourth-order valence-corrected chi connectivity index (χ4v) is 1.93. The van der Waals surface area contributed by atoms with Crippen molar-refractivity contribution in [3.8, 4) is 0 Å². The van der Waals surface area contributed by atoms with Gasteiger partial charge >= 0.3 is 6.09 Å². The highest BCUT2D eigenvalue weighted by molar-refractivity contribution is 9.09. The van der Waals surface area contributed by atoms with Crippen LogP contribution in [0, 0.1) is 0 Å². The zero-order chi connectivity index (χ0) is 12.9.